The lowest BCUT2D eigenvalue weighted by atomic mass is 10.1. The van der Waals surface area contributed by atoms with Crippen LogP contribution in [0.3, 0.4) is 0 Å². The van der Waals surface area contributed by atoms with Gasteiger partial charge >= 0.3 is 6.18 Å². The van der Waals surface area contributed by atoms with Gasteiger partial charge in [0.25, 0.3) is 0 Å². The minimum atomic E-state index is -4.57. The molecule has 130 valence electrons. The third-order valence-electron chi connectivity index (χ3n) is 3.65. The van der Waals surface area contributed by atoms with Gasteiger partial charge in [0.2, 0.25) is 0 Å². The molecule has 3 nitrogen and oxygen atoms in total. The summed E-state index contributed by atoms with van der Waals surface area (Å²) in [6.07, 6.45) is -4.57. The molecular weight excluding hydrogens is 341 g/mol. The van der Waals surface area contributed by atoms with Gasteiger partial charge < -0.3 is 4.74 Å². The fourth-order valence-corrected chi connectivity index (χ4v) is 2.33. The summed E-state index contributed by atoms with van der Waals surface area (Å²) in [4.78, 5) is 3.71. The number of ether oxygens (including phenoxy) is 1. The molecule has 3 rings (SSSR count). The van der Waals surface area contributed by atoms with Crippen LogP contribution in [0, 0.1) is 11.3 Å². The molecule has 6 heteroatoms. The zero-order valence-corrected chi connectivity index (χ0v) is 13.5. The van der Waals surface area contributed by atoms with E-state index in [1.165, 1.54) is 6.07 Å². The first kappa shape index (κ1) is 17.5. The maximum Gasteiger partial charge on any atom is 0.433 e. The van der Waals surface area contributed by atoms with E-state index >= 15 is 0 Å². The number of nitrogens with zero attached hydrogens (tertiary/aromatic N) is 2. The maximum atomic E-state index is 13.2. The Morgan fingerprint density at radius 3 is 2.27 bits per heavy atom. The molecule has 2 aromatic carbocycles. The highest BCUT2D eigenvalue weighted by Gasteiger charge is 2.33. The van der Waals surface area contributed by atoms with E-state index in [-0.39, 0.29) is 18.1 Å². The summed E-state index contributed by atoms with van der Waals surface area (Å²) >= 11 is 0. The predicted molar refractivity (Wildman–Crippen MR) is 90.2 cm³/mol. The van der Waals surface area contributed by atoms with Crippen LogP contribution in [0.5, 0.6) is 5.75 Å². The Morgan fingerprint density at radius 2 is 1.65 bits per heavy atom. The average Bonchev–Trinajstić information content (AvgIpc) is 2.66. The van der Waals surface area contributed by atoms with E-state index in [4.69, 9.17) is 10.00 Å². The first-order valence-electron chi connectivity index (χ1n) is 7.72. The fraction of sp³-hybridized carbons (Fsp3) is 0.100. The Hall–Kier alpha value is -3.33. The fourth-order valence-electron chi connectivity index (χ4n) is 2.33. The van der Waals surface area contributed by atoms with Gasteiger partial charge in [-0.2, -0.15) is 18.4 Å². The summed E-state index contributed by atoms with van der Waals surface area (Å²) in [6.45, 7) is 0.0846. The van der Waals surface area contributed by atoms with Crippen molar-refractivity contribution in [1.82, 2.24) is 4.98 Å². The van der Waals surface area contributed by atoms with Gasteiger partial charge in [-0.3, -0.25) is 0 Å². The van der Waals surface area contributed by atoms with Gasteiger partial charge in [0, 0.05) is 17.7 Å². The highest BCUT2D eigenvalue weighted by atomic mass is 19.4. The second-order valence-electron chi connectivity index (χ2n) is 5.53. The van der Waals surface area contributed by atoms with Crippen LogP contribution in [0.1, 0.15) is 16.8 Å². The molecule has 0 saturated carbocycles. The van der Waals surface area contributed by atoms with E-state index < -0.39 is 11.9 Å². The first-order chi connectivity index (χ1) is 12.5. The minimum Gasteiger partial charge on any atom is -0.489 e. The van der Waals surface area contributed by atoms with E-state index in [1.807, 2.05) is 6.07 Å². The third-order valence-corrected chi connectivity index (χ3v) is 3.65. The molecule has 0 bridgehead atoms. The van der Waals surface area contributed by atoms with E-state index in [0.29, 0.717) is 11.1 Å². The Kier molecular flexibility index (Phi) is 4.90. The molecule has 0 saturated heterocycles. The van der Waals surface area contributed by atoms with Crippen LogP contribution in [0.4, 0.5) is 13.2 Å². The lowest BCUT2D eigenvalue weighted by molar-refractivity contribution is -0.141. The van der Waals surface area contributed by atoms with Gasteiger partial charge in [0.15, 0.2) is 0 Å². The molecule has 0 fully saturated rings. The highest BCUT2D eigenvalue weighted by molar-refractivity contribution is 5.61. The number of rotatable bonds is 4. The average molecular weight is 354 g/mol. The number of aromatic nitrogens is 1. The highest BCUT2D eigenvalue weighted by Crippen LogP contribution is 2.33. The predicted octanol–water partition coefficient (Wildman–Crippen LogP) is 5.22. The van der Waals surface area contributed by atoms with Crippen LogP contribution in [-0.2, 0) is 12.8 Å². The van der Waals surface area contributed by atoms with Gasteiger partial charge in [-0.25, -0.2) is 4.98 Å². The second-order valence-corrected chi connectivity index (χ2v) is 5.53. The maximum absolute atomic E-state index is 13.2. The zero-order chi connectivity index (χ0) is 18.6. The standard InChI is InChI=1S/C20H13F3N2O/c21-20(22,23)19-11-17(10-18(25-19)16-4-2-1-3-5-16)26-13-15-8-6-14(12-24)7-9-15/h1-11H,13H2. The minimum absolute atomic E-state index is 0.0792. The Balaban J connectivity index is 1.89. The summed E-state index contributed by atoms with van der Waals surface area (Å²) in [5, 5.41) is 8.79. The Bertz CT molecular complexity index is 930. The van der Waals surface area contributed by atoms with E-state index in [9.17, 15) is 13.2 Å². The molecular formula is C20H13F3N2O. The van der Waals surface area contributed by atoms with Crippen molar-refractivity contribution in [2.75, 3.05) is 0 Å². The van der Waals surface area contributed by atoms with Crippen LogP contribution in [0.15, 0.2) is 66.7 Å². The van der Waals surface area contributed by atoms with E-state index in [1.54, 1.807) is 54.6 Å². The number of hydrogen-bond acceptors (Lipinski definition) is 3. The number of hydrogen-bond donors (Lipinski definition) is 0. The molecule has 0 atom stereocenters. The number of benzene rings is 2. The lowest BCUT2D eigenvalue weighted by Gasteiger charge is -2.13. The molecule has 0 aliphatic carbocycles. The quantitative estimate of drug-likeness (QED) is 0.645. The Labute approximate surface area is 148 Å². The van der Waals surface area contributed by atoms with Gasteiger partial charge in [0.05, 0.1) is 17.3 Å². The van der Waals surface area contributed by atoms with Crippen molar-refractivity contribution in [3.05, 3.63) is 83.6 Å². The summed E-state index contributed by atoms with van der Waals surface area (Å²) in [5.41, 5.74) is 1.00. The zero-order valence-electron chi connectivity index (χ0n) is 13.5. The smallest absolute Gasteiger partial charge is 0.433 e. The van der Waals surface area contributed by atoms with Crippen molar-refractivity contribution in [3.8, 4) is 23.1 Å². The molecule has 1 aromatic heterocycles. The van der Waals surface area contributed by atoms with Gasteiger partial charge in [0.1, 0.15) is 18.1 Å². The van der Waals surface area contributed by atoms with Gasteiger partial charge in [-0.05, 0) is 17.7 Å². The molecule has 0 aliphatic rings. The van der Waals surface area contributed by atoms with Crippen LogP contribution in [0.2, 0.25) is 0 Å². The molecule has 1 heterocycles. The molecule has 0 spiro atoms. The van der Waals surface area contributed by atoms with E-state index in [0.717, 1.165) is 11.6 Å². The monoisotopic (exact) mass is 354 g/mol. The molecule has 0 N–H and O–H groups in total. The largest absolute Gasteiger partial charge is 0.489 e. The van der Waals surface area contributed by atoms with Crippen molar-refractivity contribution in [1.29, 1.82) is 5.26 Å². The topological polar surface area (TPSA) is 45.9 Å². The van der Waals surface area contributed by atoms with Crippen molar-refractivity contribution in [2.45, 2.75) is 12.8 Å². The number of alkyl halides is 3. The summed E-state index contributed by atoms with van der Waals surface area (Å²) in [5.74, 6) is 0.0792. The molecule has 0 aliphatic heterocycles. The SMILES string of the molecule is N#Cc1ccc(COc2cc(-c3ccccc3)nc(C(F)(F)F)c2)cc1. The molecule has 3 aromatic rings. The Morgan fingerprint density at radius 1 is 0.962 bits per heavy atom. The normalized spacial score (nSPS) is 11.0. The second kappa shape index (κ2) is 7.28. The van der Waals surface area contributed by atoms with Crippen LogP contribution < -0.4 is 4.74 Å². The van der Waals surface area contributed by atoms with Gasteiger partial charge in [-0.1, -0.05) is 42.5 Å². The van der Waals surface area contributed by atoms with Crippen molar-refractivity contribution in [2.24, 2.45) is 0 Å². The third kappa shape index (κ3) is 4.19. The van der Waals surface area contributed by atoms with E-state index in [2.05, 4.69) is 4.98 Å². The number of nitriles is 1. The molecule has 26 heavy (non-hydrogen) atoms. The summed E-state index contributed by atoms with van der Waals surface area (Å²) < 4.78 is 45.0. The summed E-state index contributed by atoms with van der Waals surface area (Å²) in [6, 6.07) is 19.6. The number of pyridine rings is 1. The first-order valence-corrected chi connectivity index (χ1v) is 7.72. The molecule has 0 amide bonds. The van der Waals surface area contributed by atoms with Crippen molar-refractivity contribution in [3.63, 3.8) is 0 Å². The van der Waals surface area contributed by atoms with Crippen molar-refractivity contribution < 1.29 is 17.9 Å². The van der Waals surface area contributed by atoms with Crippen LogP contribution >= 0.6 is 0 Å². The lowest BCUT2D eigenvalue weighted by Crippen LogP contribution is -2.09. The van der Waals surface area contributed by atoms with Crippen molar-refractivity contribution >= 4 is 0 Å². The molecule has 0 unspecified atom stereocenters. The number of halogens is 3. The molecule has 0 radical (unpaired) electrons. The van der Waals surface area contributed by atoms with Crippen LogP contribution in [-0.4, -0.2) is 4.98 Å². The van der Waals surface area contributed by atoms with Gasteiger partial charge in [-0.15, -0.1) is 0 Å². The van der Waals surface area contributed by atoms with Crippen LogP contribution in [0.25, 0.3) is 11.3 Å². The summed E-state index contributed by atoms with van der Waals surface area (Å²) in [7, 11) is 0.